The molecule has 1 atom stereocenters. The first-order chi connectivity index (χ1) is 8.74. The van der Waals surface area contributed by atoms with Crippen LogP contribution >= 0.6 is 0 Å². The largest absolute Gasteiger partial charge is 0.468 e. The van der Waals surface area contributed by atoms with Gasteiger partial charge in [0.25, 0.3) is 0 Å². The van der Waals surface area contributed by atoms with E-state index < -0.39 is 23.5 Å². The molecule has 0 saturated heterocycles. The molecule has 0 aromatic carbocycles. The van der Waals surface area contributed by atoms with Gasteiger partial charge < -0.3 is 15.2 Å². The number of carbonyl (C=O) groups is 2. The Hall–Kier alpha value is -2.11. The van der Waals surface area contributed by atoms with Gasteiger partial charge in [0.2, 0.25) is 0 Å². The van der Waals surface area contributed by atoms with Crippen molar-refractivity contribution in [3.05, 3.63) is 23.9 Å². The van der Waals surface area contributed by atoms with Crippen LogP contribution in [-0.4, -0.2) is 29.6 Å². The van der Waals surface area contributed by atoms with Crippen molar-refractivity contribution in [3.63, 3.8) is 0 Å². The number of pyridine rings is 1. The lowest BCUT2D eigenvalue weighted by Gasteiger charge is -2.22. The van der Waals surface area contributed by atoms with Crippen LogP contribution in [0.4, 0.5) is 5.82 Å². The molecule has 1 rings (SSSR count). The summed E-state index contributed by atoms with van der Waals surface area (Å²) < 4.78 is 9.84. The van der Waals surface area contributed by atoms with Crippen molar-refractivity contribution in [2.45, 2.75) is 32.3 Å². The second-order valence-corrected chi connectivity index (χ2v) is 5.01. The van der Waals surface area contributed by atoms with Gasteiger partial charge in [0.1, 0.15) is 11.4 Å². The molecule has 0 aliphatic carbocycles. The minimum Gasteiger partial charge on any atom is -0.468 e. The first-order valence-corrected chi connectivity index (χ1v) is 5.76. The number of ether oxygens (including phenoxy) is 2. The number of methoxy groups -OCH3 is 1. The van der Waals surface area contributed by atoms with Gasteiger partial charge in [-0.3, -0.25) is 9.59 Å². The zero-order chi connectivity index (χ0) is 14.6. The van der Waals surface area contributed by atoms with Gasteiger partial charge in [-0.05, 0) is 32.4 Å². The first kappa shape index (κ1) is 14.9. The van der Waals surface area contributed by atoms with Gasteiger partial charge in [-0.1, -0.05) is 6.07 Å². The molecule has 0 spiro atoms. The van der Waals surface area contributed by atoms with E-state index in [0.717, 1.165) is 0 Å². The summed E-state index contributed by atoms with van der Waals surface area (Å²) in [7, 11) is 1.21. The highest BCUT2D eigenvalue weighted by atomic mass is 16.6. The number of hydrogen-bond donors (Lipinski definition) is 1. The molecule has 0 aliphatic rings. The van der Waals surface area contributed by atoms with E-state index in [2.05, 4.69) is 9.72 Å². The van der Waals surface area contributed by atoms with Crippen LogP contribution in [0.1, 0.15) is 32.3 Å². The van der Waals surface area contributed by atoms with Crippen molar-refractivity contribution in [3.8, 4) is 0 Å². The summed E-state index contributed by atoms with van der Waals surface area (Å²) in [5.74, 6) is -2.22. The summed E-state index contributed by atoms with van der Waals surface area (Å²) >= 11 is 0. The van der Waals surface area contributed by atoms with Crippen molar-refractivity contribution in [1.82, 2.24) is 4.98 Å². The second-order valence-electron chi connectivity index (χ2n) is 5.01. The summed E-state index contributed by atoms with van der Waals surface area (Å²) in [6, 6.07) is 3.06. The molecule has 0 aliphatic heterocycles. The van der Waals surface area contributed by atoms with Crippen LogP contribution < -0.4 is 5.73 Å². The predicted octanol–water partition coefficient (Wildman–Crippen LogP) is 1.26. The fourth-order valence-corrected chi connectivity index (χ4v) is 1.43. The average Bonchev–Trinajstić information content (AvgIpc) is 2.29. The van der Waals surface area contributed by atoms with Crippen molar-refractivity contribution < 1.29 is 19.1 Å². The Morgan fingerprint density at radius 2 is 1.89 bits per heavy atom. The Bertz CT molecular complexity index is 463. The number of rotatable bonds is 3. The Morgan fingerprint density at radius 3 is 2.32 bits per heavy atom. The summed E-state index contributed by atoms with van der Waals surface area (Å²) in [4.78, 5) is 27.7. The molecular weight excluding hydrogens is 248 g/mol. The molecule has 0 fully saturated rings. The number of nitrogens with two attached hydrogens (primary N) is 1. The van der Waals surface area contributed by atoms with Crippen LogP contribution in [0.3, 0.4) is 0 Å². The molecule has 6 heteroatoms. The van der Waals surface area contributed by atoms with E-state index in [1.807, 2.05) is 0 Å². The van der Waals surface area contributed by atoms with Crippen LogP contribution in [0.5, 0.6) is 0 Å². The van der Waals surface area contributed by atoms with Gasteiger partial charge in [0.05, 0.1) is 7.11 Å². The quantitative estimate of drug-likeness (QED) is 0.654. The smallest absolute Gasteiger partial charge is 0.325 e. The highest BCUT2D eigenvalue weighted by Crippen LogP contribution is 2.22. The van der Waals surface area contributed by atoms with E-state index in [0.29, 0.717) is 11.4 Å². The molecular formula is C13H18N2O4. The van der Waals surface area contributed by atoms with Crippen molar-refractivity contribution in [1.29, 1.82) is 0 Å². The van der Waals surface area contributed by atoms with Crippen LogP contribution in [0.2, 0.25) is 0 Å². The maximum Gasteiger partial charge on any atom is 0.325 e. The van der Waals surface area contributed by atoms with E-state index in [1.54, 1.807) is 26.8 Å². The van der Waals surface area contributed by atoms with Crippen LogP contribution in [-0.2, 0) is 19.1 Å². The van der Waals surface area contributed by atoms with E-state index in [4.69, 9.17) is 10.5 Å². The zero-order valence-corrected chi connectivity index (χ0v) is 11.5. The van der Waals surface area contributed by atoms with Crippen LogP contribution in [0.15, 0.2) is 18.3 Å². The summed E-state index contributed by atoms with van der Waals surface area (Å²) in [5, 5.41) is 0. The summed E-state index contributed by atoms with van der Waals surface area (Å²) in [6.45, 7) is 5.17. The number of carbonyl (C=O) groups excluding carboxylic acids is 2. The van der Waals surface area contributed by atoms with Crippen LogP contribution in [0, 0.1) is 0 Å². The van der Waals surface area contributed by atoms with Gasteiger partial charge in [-0.15, -0.1) is 0 Å². The highest BCUT2D eigenvalue weighted by Gasteiger charge is 2.33. The molecule has 0 radical (unpaired) electrons. The third kappa shape index (κ3) is 4.24. The Morgan fingerprint density at radius 1 is 1.26 bits per heavy atom. The number of hydrogen-bond acceptors (Lipinski definition) is 6. The molecule has 0 amide bonds. The fraction of sp³-hybridized carbons (Fsp3) is 0.462. The van der Waals surface area contributed by atoms with Crippen molar-refractivity contribution >= 4 is 17.8 Å². The number of anilines is 1. The Labute approximate surface area is 111 Å². The molecule has 6 nitrogen and oxygen atoms in total. The lowest BCUT2D eigenvalue weighted by molar-refractivity contribution is -0.163. The molecule has 1 aromatic heterocycles. The van der Waals surface area contributed by atoms with Gasteiger partial charge >= 0.3 is 11.9 Å². The Kier molecular flexibility index (Phi) is 4.47. The van der Waals surface area contributed by atoms with Gasteiger partial charge in [-0.25, -0.2) is 4.98 Å². The van der Waals surface area contributed by atoms with Gasteiger partial charge in [0, 0.05) is 6.20 Å². The van der Waals surface area contributed by atoms with E-state index >= 15 is 0 Å². The topological polar surface area (TPSA) is 91.5 Å². The SMILES string of the molecule is COC(=O)C(C(=O)OC(C)(C)C)c1ccc(N)nc1. The fourth-order valence-electron chi connectivity index (χ4n) is 1.43. The van der Waals surface area contributed by atoms with Crippen molar-refractivity contribution in [2.24, 2.45) is 0 Å². The lowest BCUT2D eigenvalue weighted by atomic mass is 10.0. The first-order valence-electron chi connectivity index (χ1n) is 5.76. The van der Waals surface area contributed by atoms with Crippen LogP contribution in [0.25, 0.3) is 0 Å². The number of nitrogen functional groups attached to an aromatic ring is 1. The standard InChI is InChI=1S/C13H18N2O4/c1-13(2,3)19-12(17)10(11(16)18-4)8-5-6-9(14)15-7-8/h5-7,10H,1-4H3,(H2,14,15). The molecule has 1 unspecified atom stereocenters. The summed E-state index contributed by atoms with van der Waals surface area (Å²) in [5.41, 5.74) is 5.16. The van der Waals surface area contributed by atoms with E-state index in [9.17, 15) is 9.59 Å². The minimum atomic E-state index is -1.16. The monoisotopic (exact) mass is 266 g/mol. The van der Waals surface area contributed by atoms with Gasteiger partial charge in [-0.2, -0.15) is 0 Å². The maximum absolute atomic E-state index is 12.1. The predicted molar refractivity (Wildman–Crippen MR) is 69.3 cm³/mol. The molecule has 1 aromatic rings. The normalized spacial score (nSPS) is 12.6. The second kappa shape index (κ2) is 5.69. The Balaban J connectivity index is 3.05. The maximum atomic E-state index is 12.1. The van der Waals surface area contributed by atoms with E-state index in [1.165, 1.54) is 19.4 Å². The number of aromatic nitrogens is 1. The molecule has 19 heavy (non-hydrogen) atoms. The van der Waals surface area contributed by atoms with Gasteiger partial charge in [0.15, 0.2) is 5.92 Å². The number of nitrogens with zero attached hydrogens (tertiary/aromatic N) is 1. The molecule has 2 N–H and O–H groups in total. The molecule has 1 heterocycles. The highest BCUT2D eigenvalue weighted by molar-refractivity contribution is 6.00. The average molecular weight is 266 g/mol. The molecule has 104 valence electrons. The summed E-state index contributed by atoms with van der Waals surface area (Å²) in [6.07, 6.45) is 1.36. The third-order valence-corrected chi connectivity index (χ3v) is 2.22. The van der Waals surface area contributed by atoms with Crippen molar-refractivity contribution in [2.75, 3.05) is 12.8 Å². The minimum absolute atomic E-state index is 0.302. The third-order valence-electron chi connectivity index (χ3n) is 2.22. The molecule has 0 bridgehead atoms. The lowest BCUT2D eigenvalue weighted by Crippen LogP contribution is -2.32. The zero-order valence-electron chi connectivity index (χ0n) is 11.5. The number of esters is 2. The van der Waals surface area contributed by atoms with E-state index in [-0.39, 0.29) is 0 Å². The molecule has 0 saturated carbocycles.